The normalized spacial score (nSPS) is 18.5. The summed E-state index contributed by atoms with van der Waals surface area (Å²) in [6.07, 6.45) is 2.31. The van der Waals surface area contributed by atoms with Crippen LogP contribution in [0.1, 0.15) is 18.9 Å². The Morgan fingerprint density at radius 3 is 2.56 bits per heavy atom. The van der Waals surface area contributed by atoms with Crippen molar-refractivity contribution < 1.29 is 4.21 Å². The maximum absolute atomic E-state index is 12.4. The lowest BCUT2D eigenvalue weighted by molar-refractivity contribution is 0.460. The first-order valence-corrected chi connectivity index (χ1v) is 11.1. The Morgan fingerprint density at radius 2 is 1.85 bits per heavy atom. The van der Waals surface area contributed by atoms with Crippen molar-refractivity contribution in [3.63, 3.8) is 0 Å². The summed E-state index contributed by atoms with van der Waals surface area (Å²) < 4.78 is 12.4. The Labute approximate surface area is 165 Å². The zero-order valence-electron chi connectivity index (χ0n) is 16.0. The SMILES string of the molecule is CCNC(=NCCS(=O)c1ccccc1)N1CCC(Cc2ccccc2)C1. The Morgan fingerprint density at radius 1 is 1.15 bits per heavy atom. The first-order chi connectivity index (χ1) is 13.3. The lowest BCUT2D eigenvalue weighted by Gasteiger charge is -2.21. The molecule has 3 rings (SSSR count). The Kier molecular flexibility index (Phi) is 7.45. The fourth-order valence-electron chi connectivity index (χ4n) is 3.49. The molecule has 0 aromatic heterocycles. The van der Waals surface area contributed by atoms with Crippen molar-refractivity contribution in [3.05, 3.63) is 66.2 Å². The van der Waals surface area contributed by atoms with E-state index >= 15 is 0 Å². The molecule has 27 heavy (non-hydrogen) atoms. The molecular weight excluding hydrogens is 354 g/mol. The number of aliphatic imine (C=N–C) groups is 1. The molecule has 0 radical (unpaired) electrons. The van der Waals surface area contributed by atoms with Gasteiger partial charge in [-0.05, 0) is 43.4 Å². The number of benzene rings is 2. The van der Waals surface area contributed by atoms with E-state index in [1.807, 2.05) is 30.3 Å². The summed E-state index contributed by atoms with van der Waals surface area (Å²) in [5.74, 6) is 2.17. The monoisotopic (exact) mass is 383 g/mol. The summed E-state index contributed by atoms with van der Waals surface area (Å²) >= 11 is 0. The van der Waals surface area contributed by atoms with Gasteiger partial charge in [0.15, 0.2) is 5.96 Å². The van der Waals surface area contributed by atoms with Crippen LogP contribution >= 0.6 is 0 Å². The van der Waals surface area contributed by atoms with E-state index in [1.54, 1.807) is 0 Å². The highest BCUT2D eigenvalue weighted by Gasteiger charge is 2.24. The van der Waals surface area contributed by atoms with Gasteiger partial charge in [-0.15, -0.1) is 0 Å². The largest absolute Gasteiger partial charge is 0.357 e. The van der Waals surface area contributed by atoms with Gasteiger partial charge in [-0.1, -0.05) is 48.5 Å². The maximum atomic E-state index is 12.4. The van der Waals surface area contributed by atoms with Gasteiger partial charge in [0, 0.05) is 30.3 Å². The highest BCUT2D eigenvalue weighted by molar-refractivity contribution is 7.85. The standard InChI is InChI=1S/C22H29N3OS/c1-2-23-22(24-14-16-27(26)21-11-7-4-8-12-21)25-15-13-20(18-25)17-19-9-5-3-6-10-19/h3-12,20H,2,13-18H2,1H3,(H,23,24). The van der Waals surface area contributed by atoms with E-state index in [-0.39, 0.29) is 0 Å². The molecule has 0 aliphatic carbocycles. The van der Waals surface area contributed by atoms with E-state index in [2.05, 4.69) is 47.5 Å². The molecule has 1 aliphatic heterocycles. The predicted molar refractivity (Wildman–Crippen MR) is 114 cm³/mol. The molecule has 2 aromatic rings. The molecule has 2 atom stereocenters. The fraction of sp³-hybridized carbons (Fsp3) is 0.409. The molecule has 4 nitrogen and oxygen atoms in total. The smallest absolute Gasteiger partial charge is 0.193 e. The molecule has 0 spiro atoms. The van der Waals surface area contributed by atoms with Gasteiger partial charge >= 0.3 is 0 Å². The first kappa shape index (κ1) is 19.6. The van der Waals surface area contributed by atoms with Crippen molar-refractivity contribution in [3.8, 4) is 0 Å². The third-order valence-electron chi connectivity index (χ3n) is 4.83. The van der Waals surface area contributed by atoms with Crippen LogP contribution < -0.4 is 5.32 Å². The highest BCUT2D eigenvalue weighted by atomic mass is 32.2. The van der Waals surface area contributed by atoms with Crippen molar-refractivity contribution in [2.24, 2.45) is 10.9 Å². The Balaban J connectivity index is 1.53. The number of hydrogen-bond acceptors (Lipinski definition) is 2. The molecule has 1 aliphatic rings. The average molecular weight is 384 g/mol. The molecule has 5 heteroatoms. The molecule has 0 bridgehead atoms. The second kappa shape index (κ2) is 10.3. The van der Waals surface area contributed by atoms with Crippen LogP contribution in [0.3, 0.4) is 0 Å². The molecule has 1 heterocycles. The minimum Gasteiger partial charge on any atom is -0.357 e. The summed E-state index contributed by atoms with van der Waals surface area (Å²) in [4.78, 5) is 7.97. The zero-order chi connectivity index (χ0) is 18.9. The van der Waals surface area contributed by atoms with Gasteiger partial charge in [0.2, 0.25) is 0 Å². The van der Waals surface area contributed by atoms with E-state index < -0.39 is 10.8 Å². The van der Waals surface area contributed by atoms with Gasteiger partial charge in [0.1, 0.15) is 0 Å². The third-order valence-corrected chi connectivity index (χ3v) is 6.18. The molecular formula is C22H29N3OS. The minimum atomic E-state index is -0.992. The average Bonchev–Trinajstić information content (AvgIpc) is 3.17. The number of rotatable bonds is 7. The second-order valence-electron chi connectivity index (χ2n) is 6.89. The van der Waals surface area contributed by atoms with Crippen molar-refractivity contribution in [1.29, 1.82) is 0 Å². The zero-order valence-corrected chi connectivity index (χ0v) is 16.8. The van der Waals surface area contributed by atoms with E-state index in [4.69, 9.17) is 4.99 Å². The van der Waals surface area contributed by atoms with Gasteiger partial charge in [-0.25, -0.2) is 0 Å². The molecule has 144 valence electrons. The van der Waals surface area contributed by atoms with Crippen LogP contribution in [-0.2, 0) is 17.2 Å². The number of guanidine groups is 1. The molecule has 1 saturated heterocycles. The lowest BCUT2D eigenvalue weighted by atomic mass is 9.99. The lowest BCUT2D eigenvalue weighted by Crippen LogP contribution is -2.40. The second-order valence-corrected chi connectivity index (χ2v) is 8.46. The van der Waals surface area contributed by atoms with Crippen molar-refractivity contribution in [2.45, 2.75) is 24.7 Å². The predicted octanol–water partition coefficient (Wildman–Crippen LogP) is 3.32. The number of hydrogen-bond donors (Lipinski definition) is 1. The van der Waals surface area contributed by atoms with Crippen LogP contribution in [0.2, 0.25) is 0 Å². The Hall–Kier alpha value is -2.14. The van der Waals surface area contributed by atoms with Crippen molar-refractivity contribution in [2.75, 3.05) is 31.9 Å². The maximum Gasteiger partial charge on any atom is 0.193 e. The van der Waals surface area contributed by atoms with Gasteiger partial charge in [0.25, 0.3) is 0 Å². The van der Waals surface area contributed by atoms with E-state index in [1.165, 1.54) is 12.0 Å². The summed E-state index contributed by atoms with van der Waals surface area (Å²) in [7, 11) is -0.992. The van der Waals surface area contributed by atoms with Crippen LogP contribution in [-0.4, -0.2) is 47.0 Å². The number of nitrogens with zero attached hydrogens (tertiary/aromatic N) is 2. The van der Waals surface area contributed by atoms with Gasteiger partial charge in [0.05, 0.1) is 17.3 Å². The van der Waals surface area contributed by atoms with Gasteiger partial charge in [-0.2, -0.15) is 0 Å². The molecule has 1 fully saturated rings. The van der Waals surface area contributed by atoms with E-state index in [0.29, 0.717) is 18.2 Å². The van der Waals surface area contributed by atoms with E-state index in [9.17, 15) is 4.21 Å². The fourth-order valence-corrected chi connectivity index (χ4v) is 4.44. The quantitative estimate of drug-likeness (QED) is 0.589. The summed E-state index contributed by atoms with van der Waals surface area (Å²) in [5.41, 5.74) is 1.41. The highest BCUT2D eigenvalue weighted by Crippen LogP contribution is 2.21. The van der Waals surface area contributed by atoms with Crippen molar-refractivity contribution >= 4 is 16.8 Å². The van der Waals surface area contributed by atoms with Gasteiger partial charge < -0.3 is 10.2 Å². The van der Waals surface area contributed by atoms with Crippen LogP contribution in [0, 0.1) is 5.92 Å². The minimum absolute atomic E-state index is 0.556. The van der Waals surface area contributed by atoms with Crippen LogP contribution in [0.4, 0.5) is 0 Å². The first-order valence-electron chi connectivity index (χ1n) is 9.77. The summed E-state index contributed by atoms with van der Waals surface area (Å²) in [5, 5.41) is 3.40. The third kappa shape index (κ3) is 5.93. The van der Waals surface area contributed by atoms with Crippen LogP contribution in [0.15, 0.2) is 70.6 Å². The number of nitrogens with one attached hydrogen (secondary N) is 1. The molecule has 2 unspecified atom stereocenters. The molecule has 0 amide bonds. The van der Waals surface area contributed by atoms with Crippen LogP contribution in [0.5, 0.6) is 0 Å². The molecule has 1 N–H and O–H groups in total. The summed E-state index contributed by atoms with van der Waals surface area (Å²) in [6.45, 7) is 5.58. The molecule has 0 saturated carbocycles. The van der Waals surface area contributed by atoms with Crippen LogP contribution in [0.25, 0.3) is 0 Å². The van der Waals surface area contributed by atoms with E-state index in [0.717, 1.165) is 36.9 Å². The molecule has 2 aromatic carbocycles. The number of likely N-dealkylation sites (tertiary alicyclic amines) is 1. The van der Waals surface area contributed by atoms with Gasteiger partial charge in [-0.3, -0.25) is 9.20 Å². The topological polar surface area (TPSA) is 44.7 Å². The summed E-state index contributed by atoms with van der Waals surface area (Å²) in [6, 6.07) is 20.3. The van der Waals surface area contributed by atoms with Crippen molar-refractivity contribution in [1.82, 2.24) is 10.2 Å². The Bertz CT molecular complexity index is 749.